The number of hydrogen-bond acceptors (Lipinski definition) is 3. The molecule has 258 valence electrons. The number of thiophene rings is 1. The topological polar surface area (TPSA) is 16.4 Å². The first-order valence-electron chi connectivity index (χ1n) is 18.7. The van der Waals surface area contributed by atoms with Gasteiger partial charge in [-0.05, 0) is 99.3 Å². The maximum Gasteiger partial charge on any atom is 0.136 e. The molecule has 0 N–H and O–H groups in total. The fourth-order valence-corrected chi connectivity index (χ4v) is 9.38. The highest BCUT2D eigenvalue weighted by Gasteiger charge is 2.20. The SMILES string of the molecule is c1ccc(-c2ccc3c(ccc4oc5cccc(-c6ccc(N(c7ccc8sc9ccccc9c8c7)c7ccccc7-c7ccccc7)cc6)c5c43)c2)cc1. The third-order valence-electron chi connectivity index (χ3n) is 10.9. The summed E-state index contributed by atoms with van der Waals surface area (Å²) in [5, 5.41) is 7.26. The molecule has 0 atom stereocenters. The molecule has 9 aromatic carbocycles. The second-order valence-corrected chi connectivity index (χ2v) is 15.1. The number of rotatable bonds is 6. The van der Waals surface area contributed by atoms with Crippen LogP contribution in [0.15, 0.2) is 205 Å². The summed E-state index contributed by atoms with van der Waals surface area (Å²) in [4.78, 5) is 2.41. The Morgan fingerprint density at radius 3 is 1.87 bits per heavy atom. The molecule has 0 amide bonds. The normalized spacial score (nSPS) is 11.6. The van der Waals surface area contributed by atoms with E-state index in [9.17, 15) is 0 Å². The summed E-state index contributed by atoms with van der Waals surface area (Å²) >= 11 is 1.85. The number of fused-ring (bicyclic) bond motifs is 8. The fraction of sp³-hybridized carbons (Fsp3) is 0. The van der Waals surface area contributed by atoms with Crippen LogP contribution in [0.5, 0.6) is 0 Å². The molecular weight excluding hydrogens is 687 g/mol. The van der Waals surface area contributed by atoms with Gasteiger partial charge in [0.25, 0.3) is 0 Å². The monoisotopic (exact) mass is 719 g/mol. The summed E-state index contributed by atoms with van der Waals surface area (Å²) in [7, 11) is 0. The predicted octanol–water partition coefficient (Wildman–Crippen LogP) is 15.6. The lowest BCUT2D eigenvalue weighted by atomic mass is 9.95. The van der Waals surface area contributed by atoms with E-state index in [1.807, 2.05) is 11.3 Å². The van der Waals surface area contributed by atoms with Crippen molar-refractivity contribution in [2.45, 2.75) is 0 Å². The number of hydrogen-bond donors (Lipinski definition) is 0. The average Bonchev–Trinajstić information content (AvgIpc) is 3.83. The van der Waals surface area contributed by atoms with E-state index < -0.39 is 0 Å². The molecule has 0 saturated carbocycles. The van der Waals surface area contributed by atoms with Crippen LogP contribution in [0.1, 0.15) is 0 Å². The number of nitrogens with zero attached hydrogens (tertiary/aromatic N) is 1. The molecule has 0 bridgehead atoms. The van der Waals surface area contributed by atoms with Gasteiger partial charge in [0.1, 0.15) is 11.2 Å². The lowest BCUT2D eigenvalue weighted by Crippen LogP contribution is -2.11. The quantitative estimate of drug-likeness (QED) is 0.170. The van der Waals surface area contributed by atoms with Crippen molar-refractivity contribution >= 4 is 81.3 Å². The summed E-state index contributed by atoms with van der Waals surface area (Å²) in [6.45, 7) is 0. The van der Waals surface area contributed by atoms with Crippen LogP contribution in [0, 0.1) is 0 Å². The lowest BCUT2D eigenvalue weighted by molar-refractivity contribution is 0.669. The van der Waals surface area contributed by atoms with Gasteiger partial charge in [-0.2, -0.15) is 0 Å². The molecule has 0 unspecified atom stereocenters. The van der Waals surface area contributed by atoms with Crippen LogP contribution < -0.4 is 4.90 Å². The van der Waals surface area contributed by atoms with Crippen LogP contribution in [0.25, 0.3) is 86.3 Å². The first-order chi connectivity index (χ1) is 27.3. The molecule has 2 heterocycles. The summed E-state index contributed by atoms with van der Waals surface area (Å²) < 4.78 is 9.12. The Balaban J connectivity index is 1.07. The molecular formula is C52H33NOS. The van der Waals surface area contributed by atoms with E-state index in [2.05, 4.69) is 205 Å². The van der Waals surface area contributed by atoms with Gasteiger partial charge in [0, 0.05) is 47.9 Å². The average molecular weight is 720 g/mol. The van der Waals surface area contributed by atoms with E-state index >= 15 is 0 Å². The van der Waals surface area contributed by atoms with E-state index in [0.717, 1.165) is 50.1 Å². The maximum absolute atomic E-state index is 6.52. The van der Waals surface area contributed by atoms with Crippen molar-refractivity contribution in [2.24, 2.45) is 0 Å². The Bertz CT molecular complexity index is 3190. The molecule has 0 fully saturated rings. The standard InChI is InChI=1S/C52H33NOS/c1-3-12-34(13-4-1)37-24-29-43-38(32-37)25-30-48-52(43)51-42(18-11-20-47(51)54-48)36-22-26-39(27-23-36)53(46-19-9-7-16-41(46)35-14-5-2-6-15-35)40-28-31-50-45(33-40)44-17-8-10-21-49(44)55-50/h1-33H. The van der Waals surface area contributed by atoms with Gasteiger partial charge in [0.2, 0.25) is 0 Å². The Labute approximate surface area is 322 Å². The van der Waals surface area contributed by atoms with Crippen LogP contribution in [-0.2, 0) is 0 Å². The van der Waals surface area contributed by atoms with Crippen LogP contribution in [0.4, 0.5) is 17.1 Å². The number of anilines is 3. The van der Waals surface area contributed by atoms with E-state index in [4.69, 9.17) is 4.42 Å². The third-order valence-corrected chi connectivity index (χ3v) is 12.0. The number of benzene rings is 9. The van der Waals surface area contributed by atoms with Gasteiger partial charge in [0.05, 0.1) is 5.69 Å². The first kappa shape index (κ1) is 31.6. The second kappa shape index (κ2) is 12.9. The summed E-state index contributed by atoms with van der Waals surface area (Å²) in [6, 6.07) is 72.1. The number of furan rings is 1. The van der Waals surface area contributed by atoms with Crippen molar-refractivity contribution in [3.63, 3.8) is 0 Å². The van der Waals surface area contributed by atoms with Crippen LogP contribution in [0.2, 0.25) is 0 Å². The van der Waals surface area contributed by atoms with Crippen molar-refractivity contribution in [1.82, 2.24) is 0 Å². The molecule has 0 aliphatic carbocycles. The highest BCUT2D eigenvalue weighted by Crippen LogP contribution is 2.45. The van der Waals surface area contributed by atoms with Crippen LogP contribution in [-0.4, -0.2) is 0 Å². The van der Waals surface area contributed by atoms with Crippen LogP contribution >= 0.6 is 11.3 Å². The molecule has 0 saturated heterocycles. The Morgan fingerprint density at radius 1 is 0.364 bits per heavy atom. The van der Waals surface area contributed by atoms with Crippen molar-refractivity contribution < 1.29 is 4.42 Å². The zero-order valence-corrected chi connectivity index (χ0v) is 30.6. The second-order valence-electron chi connectivity index (χ2n) is 14.1. The van der Waals surface area contributed by atoms with E-state index in [1.54, 1.807) is 0 Å². The third kappa shape index (κ3) is 5.32. The van der Waals surface area contributed by atoms with Crippen molar-refractivity contribution in [2.75, 3.05) is 4.90 Å². The van der Waals surface area contributed by atoms with Gasteiger partial charge in [-0.3, -0.25) is 0 Å². The minimum absolute atomic E-state index is 0.894. The highest BCUT2D eigenvalue weighted by atomic mass is 32.1. The van der Waals surface area contributed by atoms with Crippen molar-refractivity contribution in [3.05, 3.63) is 200 Å². The molecule has 0 aliphatic heterocycles. The lowest BCUT2D eigenvalue weighted by Gasteiger charge is -2.28. The Kier molecular flexibility index (Phi) is 7.39. The Morgan fingerprint density at radius 2 is 1.02 bits per heavy atom. The summed E-state index contributed by atoms with van der Waals surface area (Å²) in [5.74, 6) is 0. The summed E-state index contributed by atoms with van der Waals surface area (Å²) in [5.41, 5.74) is 12.2. The minimum atomic E-state index is 0.894. The molecule has 0 radical (unpaired) electrons. The van der Waals surface area contributed by atoms with Gasteiger partial charge < -0.3 is 9.32 Å². The molecule has 11 rings (SSSR count). The fourth-order valence-electron chi connectivity index (χ4n) is 8.30. The van der Waals surface area contributed by atoms with Crippen molar-refractivity contribution in [3.8, 4) is 33.4 Å². The predicted molar refractivity (Wildman–Crippen MR) is 235 cm³/mol. The summed E-state index contributed by atoms with van der Waals surface area (Å²) in [6.07, 6.45) is 0. The molecule has 11 aromatic rings. The molecule has 2 aromatic heterocycles. The number of para-hydroxylation sites is 1. The molecule has 55 heavy (non-hydrogen) atoms. The van der Waals surface area contributed by atoms with Gasteiger partial charge in [-0.15, -0.1) is 11.3 Å². The molecule has 3 heteroatoms. The Hall–Kier alpha value is -6.94. The van der Waals surface area contributed by atoms with Crippen LogP contribution in [0.3, 0.4) is 0 Å². The molecule has 0 spiro atoms. The largest absolute Gasteiger partial charge is 0.456 e. The van der Waals surface area contributed by atoms with E-state index in [0.29, 0.717) is 0 Å². The zero-order valence-electron chi connectivity index (χ0n) is 29.8. The zero-order chi connectivity index (χ0) is 36.3. The van der Waals surface area contributed by atoms with Gasteiger partial charge in [-0.25, -0.2) is 0 Å². The molecule has 0 aliphatic rings. The van der Waals surface area contributed by atoms with Gasteiger partial charge in [0.15, 0.2) is 0 Å². The van der Waals surface area contributed by atoms with E-state index in [-0.39, 0.29) is 0 Å². The molecule has 2 nitrogen and oxygen atoms in total. The minimum Gasteiger partial charge on any atom is -0.456 e. The van der Waals surface area contributed by atoms with Crippen molar-refractivity contribution in [1.29, 1.82) is 0 Å². The van der Waals surface area contributed by atoms with Gasteiger partial charge >= 0.3 is 0 Å². The maximum atomic E-state index is 6.52. The highest BCUT2D eigenvalue weighted by molar-refractivity contribution is 7.25. The van der Waals surface area contributed by atoms with Gasteiger partial charge in [-0.1, -0.05) is 140 Å². The van der Waals surface area contributed by atoms with E-state index in [1.165, 1.54) is 53.2 Å². The first-order valence-corrected chi connectivity index (χ1v) is 19.5. The smallest absolute Gasteiger partial charge is 0.136 e.